The Morgan fingerprint density at radius 3 is 2.59 bits per heavy atom. The highest BCUT2D eigenvalue weighted by atomic mass is 19.4. The molecular weight excluding hydrogens is 361 g/mol. The van der Waals surface area contributed by atoms with Gasteiger partial charge in [-0.1, -0.05) is 12.8 Å². The maximum absolute atomic E-state index is 13.3. The molecule has 27 heavy (non-hydrogen) atoms. The van der Waals surface area contributed by atoms with Crippen molar-refractivity contribution in [1.82, 2.24) is 19.7 Å². The Morgan fingerprint density at radius 1 is 1.33 bits per heavy atom. The molecule has 0 atom stereocenters. The van der Waals surface area contributed by atoms with Crippen molar-refractivity contribution >= 4 is 16.9 Å². The molecule has 0 bridgehead atoms. The van der Waals surface area contributed by atoms with Gasteiger partial charge in [-0.3, -0.25) is 18.8 Å². The molecule has 0 aromatic carbocycles. The van der Waals surface area contributed by atoms with E-state index in [1.165, 1.54) is 10.9 Å². The van der Waals surface area contributed by atoms with Crippen molar-refractivity contribution in [2.75, 3.05) is 0 Å². The van der Waals surface area contributed by atoms with Gasteiger partial charge in [-0.05, 0) is 26.7 Å². The quantitative estimate of drug-likeness (QED) is 0.860. The number of halogens is 3. The summed E-state index contributed by atoms with van der Waals surface area (Å²) < 4.78 is 42.5. The molecule has 1 amide bonds. The number of pyridine rings is 1. The number of hydrogen-bond acceptors (Lipinski definition) is 3. The normalized spacial score (nSPS) is 15.8. The van der Waals surface area contributed by atoms with E-state index in [1.54, 1.807) is 13.8 Å². The van der Waals surface area contributed by atoms with E-state index in [4.69, 9.17) is 0 Å². The maximum atomic E-state index is 13.3. The number of rotatable bonds is 5. The third-order valence-corrected chi connectivity index (χ3v) is 4.91. The lowest BCUT2D eigenvalue weighted by molar-refractivity contribution is -0.136. The van der Waals surface area contributed by atoms with Gasteiger partial charge >= 0.3 is 6.18 Å². The third kappa shape index (κ3) is 4.17. The molecule has 2 aromatic rings. The summed E-state index contributed by atoms with van der Waals surface area (Å²) in [4.78, 5) is 24.4. The zero-order valence-electron chi connectivity index (χ0n) is 15.3. The lowest BCUT2D eigenvalue weighted by atomic mass is 10.1. The molecule has 1 aliphatic carbocycles. The molecule has 1 aliphatic rings. The number of fused-ring (bicyclic) bond motifs is 1. The van der Waals surface area contributed by atoms with Gasteiger partial charge < -0.3 is 5.32 Å². The molecule has 0 aliphatic heterocycles. The summed E-state index contributed by atoms with van der Waals surface area (Å²) in [6, 6.07) is 0.582. The highest BCUT2D eigenvalue weighted by molar-refractivity contribution is 5.80. The summed E-state index contributed by atoms with van der Waals surface area (Å²) >= 11 is 0. The van der Waals surface area contributed by atoms with Gasteiger partial charge in [0.2, 0.25) is 5.91 Å². The summed E-state index contributed by atoms with van der Waals surface area (Å²) in [6.45, 7) is 3.56. The molecule has 2 heterocycles. The highest BCUT2D eigenvalue weighted by Gasteiger charge is 2.35. The number of carbonyl (C=O) groups excluding carboxylic acids is 1. The van der Waals surface area contributed by atoms with Crippen LogP contribution in [0, 0.1) is 0 Å². The minimum absolute atomic E-state index is 0.0128. The minimum Gasteiger partial charge on any atom is -0.353 e. The van der Waals surface area contributed by atoms with Crippen LogP contribution >= 0.6 is 0 Å². The van der Waals surface area contributed by atoms with E-state index in [-0.39, 0.29) is 42.0 Å². The third-order valence-electron chi connectivity index (χ3n) is 4.91. The average molecular weight is 384 g/mol. The minimum atomic E-state index is -4.65. The van der Waals surface area contributed by atoms with Crippen molar-refractivity contribution < 1.29 is 18.0 Å². The first-order valence-electron chi connectivity index (χ1n) is 9.16. The molecule has 0 saturated heterocycles. The number of amides is 1. The first kappa shape index (κ1) is 19.4. The van der Waals surface area contributed by atoms with E-state index < -0.39 is 17.3 Å². The van der Waals surface area contributed by atoms with Crippen molar-refractivity contribution in [3.63, 3.8) is 0 Å². The number of carbonyl (C=O) groups is 1. The van der Waals surface area contributed by atoms with Crippen LogP contribution < -0.4 is 10.9 Å². The molecule has 1 N–H and O–H groups in total. The first-order chi connectivity index (χ1) is 12.7. The van der Waals surface area contributed by atoms with E-state index in [0.717, 1.165) is 30.3 Å². The molecule has 6 nitrogen and oxygen atoms in total. The Kier molecular flexibility index (Phi) is 5.30. The molecule has 1 saturated carbocycles. The molecule has 0 spiro atoms. The Bertz CT molecular complexity index is 892. The Labute approximate surface area is 154 Å². The summed E-state index contributed by atoms with van der Waals surface area (Å²) in [6.07, 6.45) is 0.709. The fourth-order valence-corrected chi connectivity index (χ4v) is 3.45. The molecule has 2 aromatic heterocycles. The van der Waals surface area contributed by atoms with E-state index in [0.29, 0.717) is 6.07 Å². The van der Waals surface area contributed by atoms with Gasteiger partial charge in [0.05, 0.1) is 5.56 Å². The van der Waals surface area contributed by atoms with Gasteiger partial charge in [0.1, 0.15) is 0 Å². The molecular formula is C18H23F3N4O2. The number of hydrogen-bond donors (Lipinski definition) is 1. The van der Waals surface area contributed by atoms with E-state index in [9.17, 15) is 22.8 Å². The van der Waals surface area contributed by atoms with E-state index >= 15 is 0 Å². The summed E-state index contributed by atoms with van der Waals surface area (Å²) in [5.74, 6) is -0.204. The lowest BCUT2D eigenvalue weighted by Crippen LogP contribution is -2.34. The standard InChI is InChI=1S/C18H23F3N4O2/c1-11(2)25-10-13-14(18(19,20)21)9-16(27)24(17(13)23-25)8-7-15(26)22-12-5-3-4-6-12/h9-12H,3-8H2,1-2H3,(H,22,26). The van der Waals surface area contributed by atoms with Crippen molar-refractivity contribution in [1.29, 1.82) is 0 Å². The van der Waals surface area contributed by atoms with Crippen molar-refractivity contribution in [2.45, 2.75) is 70.8 Å². The van der Waals surface area contributed by atoms with Gasteiger partial charge in [-0.25, -0.2) is 0 Å². The van der Waals surface area contributed by atoms with Crippen LogP contribution in [-0.4, -0.2) is 26.3 Å². The molecule has 9 heteroatoms. The fourth-order valence-electron chi connectivity index (χ4n) is 3.45. The molecule has 3 rings (SSSR count). The van der Waals surface area contributed by atoms with Crippen molar-refractivity contribution in [3.05, 3.63) is 28.2 Å². The van der Waals surface area contributed by atoms with Gasteiger partial charge in [0, 0.05) is 42.7 Å². The molecule has 0 radical (unpaired) electrons. The SMILES string of the molecule is CC(C)n1cc2c(C(F)(F)F)cc(=O)n(CCC(=O)NC3CCCC3)c2n1. The smallest absolute Gasteiger partial charge is 0.353 e. The van der Waals surface area contributed by atoms with Crippen LogP contribution in [0.25, 0.3) is 11.0 Å². The van der Waals surface area contributed by atoms with Crippen LogP contribution in [0.2, 0.25) is 0 Å². The van der Waals surface area contributed by atoms with Crippen LogP contribution in [0.1, 0.15) is 57.6 Å². The summed E-state index contributed by atoms with van der Waals surface area (Å²) in [5, 5.41) is 6.96. The second-order valence-electron chi connectivity index (χ2n) is 7.28. The summed E-state index contributed by atoms with van der Waals surface area (Å²) in [5.41, 5.74) is -1.85. The zero-order valence-corrected chi connectivity index (χ0v) is 15.3. The van der Waals surface area contributed by atoms with Crippen LogP contribution in [0.3, 0.4) is 0 Å². The molecule has 0 unspecified atom stereocenters. The fraction of sp³-hybridized carbons (Fsp3) is 0.611. The van der Waals surface area contributed by atoms with Crippen LogP contribution in [0.15, 0.2) is 17.1 Å². The second-order valence-corrected chi connectivity index (χ2v) is 7.28. The summed E-state index contributed by atoms with van der Waals surface area (Å²) in [7, 11) is 0. The topological polar surface area (TPSA) is 68.9 Å². The Hall–Kier alpha value is -2.32. The van der Waals surface area contributed by atoms with E-state index in [2.05, 4.69) is 10.4 Å². The Morgan fingerprint density at radius 2 is 2.00 bits per heavy atom. The van der Waals surface area contributed by atoms with E-state index in [1.807, 2.05) is 0 Å². The van der Waals surface area contributed by atoms with Crippen molar-refractivity contribution in [2.24, 2.45) is 0 Å². The van der Waals surface area contributed by atoms with Gasteiger partial charge in [-0.15, -0.1) is 0 Å². The Balaban J connectivity index is 1.91. The number of nitrogens with one attached hydrogen (secondary N) is 1. The monoisotopic (exact) mass is 384 g/mol. The maximum Gasteiger partial charge on any atom is 0.417 e. The predicted octanol–water partition coefficient (Wildman–Crippen LogP) is 3.25. The first-order valence-corrected chi connectivity index (χ1v) is 9.16. The highest BCUT2D eigenvalue weighted by Crippen LogP contribution is 2.33. The van der Waals surface area contributed by atoms with Crippen LogP contribution in [-0.2, 0) is 17.5 Å². The van der Waals surface area contributed by atoms with Crippen LogP contribution in [0.5, 0.6) is 0 Å². The molecule has 1 fully saturated rings. The largest absolute Gasteiger partial charge is 0.417 e. The number of aryl methyl sites for hydroxylation is 1. The lowest BCUT2D eigenvalue weighted by Gasteiger charge is -2.13. The predicted molar refractivity (Wildman–Crippen MR) is 94.4 cm³/mol. The number of aromatic nitrogens is 3. The van der Waals surface area contributed by atoms with Crippen molar-refractivity contribution in [3.8, 4) is 0 Å². The van der Waals surface area contributed by atoms with Gasteiger partial charge in [0.25, 0.3) is 5.56 Å². The average Bonchev–Trinajstić information content (AvgIpc) is 3.21. The number of alkyl halides is 3. The second kappa shape index (κ2) is 7.36. The van der Waals surface area contributed by atoms with Gasteiger partial charge in [0.15, 0.2) is 5.65 Å². The molecule has 148 valence electrons. The zero-order chi connectivity index (χ0) is 19.8. The van der Waals surface area contributed by atoms with Gasteiger partial charge in [-0.2, -0.15) is 18.3 Å². The van der Waals surface area contributed by atoms with Crippen LogP contribution in [0.4, 0.5) is 13.2 Å². The number of nitrogens with zero attached hydrogens (tertiary/aromatic N) is 3.